The lowest BCUT2D eigenvalue weighted by Crippen LogP contribution is -2.58. The van der Waals surface area contributed by atoms with Crippen molar-refractivity contribution in [3.05, 3.63) is 35.9 Å². The fraction of sp³-hybridized carbons (Fsp3) is 0.571. The van der Waals surface area contributed by atoms with Crippen LogP contribution in [0.2, 0.25) is 5.54 Å². The van der Waals surface area contributed by atoms with Crippen LogP contribution in [0, 0.1) is 0 Å². The summed E-state index contributed by atoms with van der Waals surface area (Å²) >= 11 is 0. The Kier molecular flexibility index (Phi) is 6.80. The van der Waals surface area contributed by atoms with Gasteiger partial charge in [-0.05, 0) is 18.9 Å². The lowest BCUT2D eigenvalue weighted by Gasteiger charge is -2.37. The van der Waals surface area contributed by atoms with Crippen LogP contribution in [-0.4, -0.2) is 42.2 Å². The minimum absolute atomic E-state index is 0.0927. The molecule has 4 N–H and O–H groups in total. The molecular formula is C14H26N2O3Si. The smallest absolute Gasteiger partial charge is 0.377 e. The van der Waals surface area contributed by atoms with Crippen LogP contribution in [-0.2, 0) is 19.7 Å². The maximum absolute atomic E-state index is 6.29. The first-order chi connectivity index (χ1) is 9.50. The Bertz CT molecular complexity index is 377. The van der Waals surface area contributed by atoms with Gasteiger partial charge < -0.3 is 24.7 Å². The average Bonchev–Trinajstić information content (AvgIpc) is 2.48. The molecule has 0 aromatic heterocycles. The summed E-state index contributed by atoms with van der Waals surface area (Å²) in [5.74, 6) is 0. The van der Waals surface area contributed by atoms with E-state index in [9.17, 15) is 0 Å². The molecule has 0 heterocycles. The maximum atomic E-state index is 6.29. The molecule has 1 aromatic rings. The maximum Gasteiger partial charge on any atom is 0.505 e. The average molecular weight is 298 g/mol. The summed E-state index contributed by atoms with van der Waals surface area (Å²) in [5.41, 5.74) is 13.3. The summed E-state index contributed by atoms with van der Waals surface area (Å²) in [6.45, 7) is 1.89. The van der Waals surface area contributed by atoms with Gasteiger partial charge in [0.2, 0.25) is 0 Å². The fourth-order valence-corrected chi connectivity index (χ4v) is 5.10. The third kappa shape index (κ3) is 3.88. The molecular weight excluding hydrogens is 272 g/mol. The highest BCUT2D eigenvalue weighted by Crippen LogP contribution is 2.31. The van der Waals surface area contributed by atoms with Crippen LogP contribution in [0.5, 0.6) is 0 Å². The molecule has 0 amide bonds. The van der Waals surface area contributed by atoms with Crippen molar-refractivity contribution in [2.24, 2.45) is 11.5 Å². The van der Waals surface area contributed by atoms with Crippen molar-refractivity contribution in [1.82, 2.24) is 0 Å². The summed E-state index contributed by atoms with van der Waals surface area (Å²) in [5, 5.41) is 0. The van der Waals surface area contributed by atoms with Gasteiger partial charge in [-0.1, -0.05) is 30.3 Å². The number of benzene rings is 1. The molecule has 0 bridgehead atoms. The highest BCUT2D eigenvalue weighted by Gasteiger charge is 2.50. The number of nitrogens with two attached hydrogens (primary N) is 2. The minimum atomic E-state index is -2.86. The summed E-state index contributed by atoms with van der Waals surface area (Å²) in [6.07, 6.45) is 0.714. The van der Waals surface area contributed by atoms with Crippen LogP contribution in [0.4, 0.5) is 0 Å². The summed E-state index contributed by atoms with van der Waals surface area (Å²) in [4.78, 5) is 0. The number of hydrogen-bond acceptors (Lipinski definition) is 5. The number of hydrogen-bond donors (Lipinski definition) is 2. The largest absolute Gasteiger partial charge is 0.505 e. The lowest BCUT2D eigenvalue weighted by atomic mass is 10.0. The zero-order valence-electron chi connectivity index (χ0n) is 12.7. The first kappa shape index (κ1) is 17.3. The third-order valence-corrected chi connectivity index (χ3v) is 6.88. The van der Waals surface area contributed by atoms with Gasteiger partial charge in [-0.3, -0.25) is 0 Å². The van der Waals surface area contributed by atoms with E-state index < -0.39 is 8.80 Å². The fourth-order valence-electron chi connectivity index (χ4n) is 2.44. The Hall–Kier alpha value is -0.763. The van der Waals surface area contributed by atoms with Gasteiger partial charge in [-0.25, -0.2) is 0 Å². The van der Waals surface area contributed by atoms with Crippen LogP contribution in [0.3, 0.4) is 0 Å². The Labute approximate surface area is 122 Å². The van der Waals surface area contributed by atoms with Crippen molar-refractivity contribution >= 4 is 8.80 Å². The number of rotatable bonds is 8. The molecule has 0 spiro atoms. The molecule has 0 aliphatic heterocycles. The highest BCUT2D eigenvalue weighted by molar-refractivity contribution is 6.62. The van der Waals surface area contributed by atoms with E-state index in [0.29, 0.717) is 6.42 Å². The zero-order chi connectivity index (χ0) is 15.2. The van der Waals surface area contributed by atoms with E-state index in [2.05, 4.69) is 12.1 Å². The first-order valence-corrected chi connectivity index (χ1v) is 8.51. The van der Waals surface area contributed by atoms with Gasteiger partial charge in [0.15, 0.2) is 0 Å². The van der Waals surface area contributed by atoms with E-state index in [0.717, 1.165) is 5.56 Å². The summed E-state index contributed by atoms with van der Waals surface area (Å²) < 4.78 is 16.8. The Morgan fingerprint density at radius 1 is 1.00 bits per heavy atom. The molecule has 0 fully saturated rings. The monoisotopic (exact) mass is 298 g/mol. The van der Waals surface area contributed by atoms with Gasteiger partial charge in [0.25, 0.3) is 0 Å². The van der Waals surface area contributed by atoms with Crippen LogP contribution >= 0.6 is 0 Å². The Morgan fingerprint density at radius 2 is 1.50 bits per heavy atom. The van der Waals surface area contributed by atoms with Crippen LogP contribution in [0.25, 0.3) is 0 Å². The van der Waals surface area contributed by atoms with Gasteiger partial charge >= 0.3 is 8.80 Å². The molecule has 6 heteroatoms. The van der Waals surface area contributed by atoms with E-state index in [4.69, 9.17) is 24.7 Å². The molecule has 114 valence electrons. The van der Waals surface area contributed by atoms with E-state index in [1.54, 1.807) is 21.3 Å². The van der Waals surface area contributed by atoms with Gasteiger partial charge in [-0.2, -0.15) is 0 Å². The first-order valence-electron chi connectivity index (χ1n) is 6.71. The lowest BCUT2D eigenvalue weighted by molar-refractivity contribution is 0.105. The molecule has 0 aliphatic rings. The molecule has 0 saturated carbocycles. The highest BCUT2D eigenvalue weighted by atomic mass is 28.4. The van der Waals surface area contributed by atoms with Gasteiger partial charge in [-0.15, -0.1) is 0 Å². The Balaban J connectivity index is 3.07. The van der Waals surface area contributed by atoms with E-state index in [1.165, 1.54) is 0 Å². The molecule has 1 rings (SSSR count). The van der Waals surface area contributed by atoms with Crippen LogP contribution in [0.1, 0.15) is 12.5 Å². The molecule has 3 atom stereocenters. The zero-order valence-corrected chi connectivity index (χ0v) is 13.7. The predicted octanol–water partition coefficient (Wildman–Crippen LogP) is 1.15. The van der Waals surface area contributed by atoms with Crippen molar-refractivity contribution < 1.29 is 13.3 Å². The molecule has 5 nitrogen and oxygen atoms in total. The topological polar surface area (TPSA) is 79.7 Å². The van der Waals surface area contributed by atoms with Gasteiger partial charge in [0, 0.05) is 39.0 Å². The predicted molar refractivity (Wildman–Crippen MR) is 82.3 cm³/mol. The van der Waals surface area contributed by atoms with E-state index in [-0.39, 0.29) is 17.6 Å². The van der Waals surface area contributed by atoms with E-state index in [1.807, 2.05) is 25.1 Å². The Morgan fingerprint density at radius 3 is 1.90 bits per heavy atom. The van der Waals surface area contributed by atoms with Gasteiger partial charge in [0.1, 0.15) is 0 Å². The van der Waals surface area contributed by atoms with Crippen molar-refractivity contribution in [2.45, 2.75) is 31.0 Å². The summed E-state index contributed by atoms with van der Waals surface area (Å²) in [6, 6.07) is 9.66. The molecule has 3 unspecified atom stereocenters. The third-order valence-electron chi connectivity index (χ3n) is 3.68. The van der Waals surface area contributed by atoms with Crippen LogP contribution in [0.15, 0.2) is 30.3 Å². The second-order valence-corrected chi connectivity index (χ2v) is 8.12. The molecule has 1 aromatic carbocycles. The normalized spacial score (nSPS) is 16.7. The molecule has 0 radical (unpaired) electrons. The quantitative estimate of drug-likeness (QED) is 0.704. The van der Waals surface area contributed by atoms with Crippen molar-refractivity contribution in [1.29, 1.82) is 0 Å². The molecule has 0 aliphatic carbocycles. The second kappa shape index (κ2) is 7.87. The van der Waals surface area contributed by atoms with Gasteiger partial charge in [0.05, 0.1) is 0 Å². The van der Waals surface area contributed by atoms with E-state index >= 15 is 0 Å². The van der Waals surface area contributed by atoms with Crippen molar-refractivity contribution in [3.63, 3.8) is 0 Å². The standard InChI is InChI=1S/C14H26N2O3Si/c1-11(15)14(16)13(20(17-2,18-3)19-4)10-12-8-6-5-7-9-12/h5-9,11,13-14H,10,15-16H2,1-4H3. The second-order valence-electron chi connectivity index (χ2n) is 4.95. The van der Waals surface area contributed by atoms with Crippen molar-refractivity contribution in [3.8, 4) is 0 Å². The summed E-state index contributed by atoms with van der Waals surface area (Å²) in [7, 11) is 1.95. The van der Waals surface area contributed by atoms with Crippen molar-refractivity contribution in [2.75, 3.05) is 21.3 Å². The molecule has 20 heavy (non-hydrogen) atoms. The minimum Gasteiger partial charge on any atom is -0.377 e. The SMILES string of the molecule is CO[Si](OC)(OC)C(Cc1ccccc1)C(N)C(C)N. The van der Waals surface area contributed by atoms with Crippen LogP contribution < -0.4 is 11.5 Å². The molecule has 0 saturated heterocycles.